The minimum absolute atomic E-state index is 0.343. The highest BCUT2D eigenvalue weighted by Gasteiger charge is 2.08. The number of hydrogen-bond acceptors (Lipinski definition) is 4. The SMILES string of the molecule is COCCNC(=O)Nc1cc(-c2ccccc2)on1. The summed E-state index contributed by atoms with van der Waals surface area (Å²) in [4.78, 5) is 11.5. The number of nitrogens with one attached hydrogen (secondary N) is 2. The van der Waals surface area contributed by atoms with Crippen LogP contribution in [0.5, 0.6) is 0 Å². The molecule has 1 heterocycles. The fourth-order valence-electron chi connectivity index (χ4n) is 1.50. The maximum absolute atomic E-state index is 11.5. The lowest BCUT2D eigenvalue weighted by Crippen LogP contribution is -2.31. The van der Waals surface area contributed by atoms with Gasteiger partial charge in [0.05, 0.1) is 6.61 Å². The van der Waals surface area contributed by atoms with Gasteiger partial charge < -0.3 is 14.6 Å². The summed E-state index contributed by atoms with van der Waals surface area (Å²) < 4.78 is 9.99. The molecule has 100 valence electrons. The lowest BCUT2D eigenvalue weighted by Gasteiger charge is -2.03. The van der Waals surface area contributed by atoms with E-state index in [0.29, 0.717) is 24.7 Å². The number of hydrogen-bond donors (Lipinski definition) is 2. The highest BCUT2D eigenvalue weighted by molar-refractivity contribution is 5.88. The molecule has 2 N–H and O–H groups in total. The van der Waals surface area contributed by atoms with Crippen LogP contribution >= 0.6 is 0 Å². The van der Waals surface area contributed by atoms with Gasteiger partial charge in [-0.2, -0.15) is 0 Å². The molecule has 0 fully saturated rings. The summed E-state index contributed by atoms with van der Waals surface area (Å²) in [5.74, 6) is 0.974. The van der Waals surface area contributed by atoms with E-state index in [1.165, 1.54) is 0 Å². The number of benzene rings is 1. The van der Waals surface area contributed by atoms with E-state index >= 15 is 0 Å². The van der Waals surface area contributed by atoms with Gasteiger partial charge in [0.15, 0.2) is 11.6 Å². The fraction of sp³-hybridized carbons (Fsp3) is 0.231. The number of aromatic nitrogens is 1. The molecule has 1 aromatic heterocycles. The first-order valence-electron chi connectivity index (χ1n) is 5.85. The predicted molar refractivity (Wildman–Crippen MR) is 70.8 cm³/mol. The van der Waals surface area contributed by atoms with Gasteiger partial charge in [0, 0.05) is 25.3 Å². The second kappa shape index (κ2) is 6.55. The Morgan fingerprint density at radius 1 is 1.37 bits per heavy atom. The van der Waals surface area contributed by atoms with Crippen LogP contribution in [0.4, 0.5) is 10.6 Å². The van der Waals surface area contributed by atoms with E-state index in [9.17, 15) is 4.79 Å². The lowest BCUT2D eigenvalue weighted by molar-refractivity contribution is 0.198. The average molecular weight is 261 g/mol. The smallest absolute Gasteiger partial charge is 0.320 e. The summed E-state index contributed by atoms with van der Waals surface area (Å²) in [5, 5.41) is 8.99. The number of ether oxygens (including phenoxy) is 1. The summed E-state index contributed by atoms with van der Waals surface area (Å²) in [5.41, 5.74) is 0.905. The number of anilines is 1. The first-order valence-corrected chi connectivity index (χ1v) is 5.85. The van der Waals surface area contributed by atoms with Gasteiger partial charge in [0.25, 0.3) is 0 Å². The molecule has 0 bridgehead atoms. The van der Waals surface area contributed by atoms with Gasteiger partial charge in [-0.3, -0.25) is 5.32 Å². The van der Waals surface area contributed by atoms with Crippen molar-refractivity contribution in [1.82, 2.24) is 10.5 Å². The number of nitrogens with zero attached hydrogens (tertiary/aromatic N) is 1. The average Bonchev–Trinajstić information content (AvgIpc) is 2.88. The minimum Gasteiger partial charge on any atom is -0.383 e. The number of rotatable bonds is 5. The first kappa shape index (κ1) is 13.1. The molecule has 0 aliphatic carbocycles. The molecular weight excluding hydrogens is 246 g/mol. The zero-order valence-electron chi connectivity index (χ0n) is 10.6. The van der Waals surface area contributed by atoms with Gasteiger partial charge in [-0.05, 0) is 0 Å². The molecule has 0 aliphatic rings. The number of methoxy groups -OCH3 is 1. The third-order valence-corrected chi connectivity index (χ3v) is 2.40. The van der Waals surface area contributed by atoms with E-state index < -0.39 is 0 Å². The van der Waals surface area contributed by atoms with Crippen LogP contribution in [-0.2, 0) is 4.74 Å². The number of carbonyl (C=O) groups is 1. The first-order chi connectivity index (χ1) is 9.29. The summed E-state index contributed by atoms with van der Waals surface area (Å²) in [6, 6.07) is 10.9. The molecule has 0 aliphatic heterocycles. The second-order valence-electron chi connectivity index (χ2n) is 3.82. The molecule has 1 aromatic carbocycles. The van der Waals surface area contributed by atoms with Crippen LogP contribution in [0.1, 0.15) is 0 Å². The molecule has 0 saturated heterocycles. The molecule has 0 spiro atoms. The van der Waals surface area contributed by atoms with Crippen molar-refractivity contribution in [3.05, 3.63) is 36.4 Å². The second-order valence-corrected chi connectivity index (χ2v) is 3.82. The van der Waals surface area contributed by atoms with Crippen molar-refractivity contribution < 1.29 is 14.1 Å². The monoisotopic (exact) mass is 261 g/mol. The Balaban J connectivity index is 1.93. The standard InChI is InChI=1S/C13H15N3O3/c1-18-8-7-14-13(17)15-12-9-11(19-16-12)10-5-3-2-4-6-10/h2-6,9H,7-8H2,1H3,(H2,14,15,16,17). The number of urea groups is 1. The third kappa shape index (κ3) is 3.82. The number of carbonyl (C=O) groups excluding carboxylic acids is 1. The maximum Gasteiger partial charge on any atom is 0.320 e. The van der Waals surface area contributed by atoms with Crippen molar-refractivity contribution in [2.45, 2.75) is 0 Å². The Morgan fingerprint density at radius 2 is 2.16 bits per heavy atom. The van der Waals surface area contributed by atoms with Crippen molar-refractivity contribution in [2.75, 3.05) is 25.6 Å². The van der Waals surface area contributed by atoms with Crippen LogP contribution in [0.15, 0.2) is 40.9 Å². The van der Waals surface area contributed by atoms with Gasteiger partial charge in [0.2, 0.25) is 0 Å². The van der Waals surface area contributed by atoms with Gasteiger partial charge in [0.1, 0.15) is 0 Å². The van der Waals surface area contributed by atoms with Crippen molar-refractivity contribution >= 4 is 11.8 Å². The quantitative estimate of drug-likeness (QED) is 0.808. The van der Waals surface area contributed by atoms with E-state index in [1.807, 2.05) is 30.3 Å². The molecule has 2 amide bonds. The van der Waals surface area contributed by atoms with Crippen LogP contribution in [0.2, 0.25) is 0 Å². The lowest BCUT2D eigenvalue weighted by atomic mass is 10.2. The molecule has 0 radical (unpaired) electrons. The van der Waals surface area contributed by atoms with Crippen LogP contribution < -0.4 is 10.6 Å². The summed E-state index contributed by atoms with van der Waals surface area (Å²) in [7, 11) is 1.57. The Bertz CT molecular complexity index is 525. The molecule has 0 unspecified atom stereocenters. The summed E-state index contributed by atoms with van der Waals surface area (Å²) in [6.45, 7) is 0.896. The maximum atomic E-state index is 11.5. The Hall–Kier alpha value is -2.34. The molecule has 6 heteroatoms. The molecule has 2 rings (SSSR count). The van der Waals surface area contributed by atoms with E-state index in [0.717, 1.165) is 5.56 Å². The van der Waals surface area contributed by atoms with Crippen LogP contribution in [0, 0.1) is 0 Å². The minimum atomic E-state index is -0.343. The predicted octanol–water partition coefficient (Wildman–Crippen LogP) is 2.11. The van der Waals surface area contributed by atoms with Crippen molar-refractivity contribution in [3.8, 4) is 11.3 Å². The van der Waals surface area contributed by atoms with E-state index in [2.05, 4.69) is 15.8 Å². The van der Waals surface area contributed by atoms with Gasteiger partial charge >= 0.3 is 6.03 Å². The highest BCUT2D eigenvalue weighted by Crippen LogP contribution is 2.21. The molecule has 0 saturated carbocycles. The number of amides is 2. The fourth-order valence-corrected chi connectivity index (χ4v) is 1.50. The topological polar surface area (TPSA) is 76.4 Å². The molecule has 2 aromatic rings. The largest absolute Gasteiger partial charge is 0.383 e. The zero-order chi connectivity index (χ0) is 13.5. The van der Waals surface area contributed by atoms with Crippen molar-refractivity contribution in [2.24, 2.45) is 0 Å². The highest BCUT2D eigenvalue weighted by atomic mass is 16.5. The Labute approximate surface area is 110 Å². The normalized spacial score (nSPS) is 10.2. The third-order valence-electron chi connectivity index (χ3n) is 2.40. The van der Waals surface area contributed by atoms with E-state index in [4.69, 9.17) is 9.26 Å². The van der Waals surface area contributed by atoms with Gasteiger partial charge in [-0.25, -0.2) is 4.79 Å². The van der Waals surface area contributed by atoms with Crippen LogP contribution in [0.3, 0.4) is 0 Å². The van der Waals surface area contributed by atoms with Crippen LogP contribution in [0.25, 0.3) is 11.3 Å². The van der Waals surface area contributed by atoms with Crippen molar-refractivity contribution in [1.29, 1.82) is 0 Å². The van der Waals surface area contributed by atoms with E-state index in [-0.39, 0.29) is 6.03 Å². The zero-order valence-corrected chi connectivity index (χ0v) is 10.6. The Kier molecular flexibility index (Phi) is 4.52. The summed E-state index contributed by atoms with van der Waals surface area (Å²) in [6.07, 6.45) is 0. The molecule has 19 heavy (non-hydrogen) atoms. The van der Waals surface area contributed by atoms with Crippen LogP contribution in [-0.4, -0.2) is 31.4 Å². The Morgan fingerprint density at radius 3 is 2.89 bits per heavy atom. The molecule has 6 nitrogen and oxygen atoms in total. The van der Waals surface area contributed by atoms with Crippen molar-refractivity contribution in [3.63, 3.8) is 0 Å². The molecular formula is C13H15N3O3. The van der Waals surface area contributed by atoms with E-state index in [1.54, 1.807) is 13.2 Å². The molecule has 0 atom stereocenters. The van der Waals surface area contributed by atoms with Gasteiger partial charge in [-0.1, -0.05) is 35.5 Å². The van der Waals surface area contributed by atoms with Gasteiger partial charge in [-0.15, -0.1) is 0 Å². The summed E-state index contributed by atoms with van der Waals surface area (Å²) >= 11 is 0.